The molecule has 3 rings (SSSR count). The normalized spacial score (nSPS) is 13.1. The summed E-state index contributed by atoms with van der Waals surface area (Å²) in [4.78, 5) is 41.2. The fraction of sp³-hybridized carbons (Fsp3) is 0.333. The highest BCUT2D eigenvalue weighted by atomic mass is 32.1. The van der Waals surface area contributed by atoms with Crippen LogP contribution in [0, 0.1) is 0 Å². The molecule has 1 N–H and O–H groups in total. The lowest BCUT2D eigenvalue weighted by Crippen LogP contribution is -2.40. The van der Waals surface area contributed by atoms with Gasteiger partial charge in [0.2, 0.25) is 5.91 Å². The summed E-state index contributed by atoms with van der Waals surface area (Å²) in [5, 5.41) is 5.10. The van der Waals surface area contributed by atoms with E-state index in [2.05, 4.69) is 10.3 Å². The van der Waals surface area contributed by atoms with Crippen LogP contribution in [0.3, 0.4) is 0 Å². The zero-order chi connectivity index (χ0) is 18.5. The first-order valence-corrected chi connectivity index (χ1v) is 9.12. The number of carbonyl (C=O) groups excluding carboxylic acids is 3. The highest BCUT2D eigenvalue weighted by Crippen LogP contribution is 2.23. The van der Waals surface area contributed by atoms with Gasteiger partial charge >= 0.3 is 5.97 Å². The number of esters is 1. The van der Waals surface area contributed by atoms with Crippen molar-refractivity contribution in [2.24, 2.45) is 0 Å². The van der Waals surface area contributed by atoms with Crippen LogP contribution in [0.2, 0.25) is 0 Å². The smallest absolute Gasteiger partial charge is 0.358 e. The van der Waals surface area contributed by atoms with Crippen molar-refractivity contribution in [2.45, 2.75) is 18.9 Å². The summed E-state index contributed by atoms with van der Waals surface area (Å²) in [7, 11) is 1.50. The first-order valence-electron chi connectivity index (χ1n) is 8.24. The van der Waals surface area contributed by atoms with Crippen molar-refractivity contribution in [2.75, 3.05) is 20.2 Å². The predicted octanol–water partition coefficient (Wildman–Crippen LogP) is 1.70. The van der Waals surface area contributed by atoms with E-state index in [4.69, 9.17) is 4.74 Å². The third-order valence-corrected chi connectivity index (χ3v) is 4.70. The van der Waals surface area contributed by atoms with Crippen LogP contribution < -0.4 is 5.32 Å². The average molecular weight is 373 g/mol. The van der Waals surface area contributed by atoms with Crippen LogP contribution >= 0.6 is 11.3 Å². The van der Waals surface area contributed by atoms with Crippen molar-refractivity contribution in [3.8, 4) is 10.6 Å². The van der Waals surface area contributed by atoms with E-state index in [-0.39, 0.29) is 24.2 Å². The molecule has 0 unspecified atom stereocenters. The third-order valence-electron chi connectivity index (χ3n) is 3.81. The largest absolute Gasteiger partial charge is 0.451 e. The van der Waals surface area contributed by atoms with E-state index in [1.807, 2.05) is 30.3 Å². The summed E-state index contributed by atoms with van der Waals surface area (Å²) >= 11 is 1.33. The first-order chi connectivity index (χ1) is 12.5. The van der Waals surface area contributed by atoms with Crippen LogP contribution in [-0.2, 0) is 14.3 Å². The Labute approximate surface area is 155 Å². The maximum absolute atomic E-state index is 12.1. The van der Waals surface area contributed by atoms with Crippen LogP contribution in [0.15, 0.2) is 35.7 Å². The number of likely N-dealkylation sites (N-methyl/N-ethyl adjacent to an activating group) is 1. The molecule has 7 nitrogen and oxygen atoms in total. The quantitative estimate of drug-likeness (QED) is 0.747. The molecule has 2 amide bonds. The summed E-state index contributed by atoms with van der Waals surface area (Å²) in [6, 6.07) is 9.73. The molecular weight excluding hydrogens is 354 g/mol. The Kier molecular flexibility index (Phi) is 5.62. The summed E-state index contributed by atoms with van der Waals surface area (Å²) in [5.41, 5.74) is 1.07. The minimum atomic E-state index is -0.660. The van der Waals surface area contributed by atoms with Gasteiger partial charge < -0.3 is 15.0 Å². The van der Waals surface area contributed by atoms with Crippen molar-refractivity contribution in [1.82, 2.24) is 15.2 Å². The minimum absolute atomic E-state index is 0.0538. The van der Waals surface area contributed by atoms with E-state index in [0.29, 0.717) is 5.01 Å². The molecule has 1 fully saturated rings. The number of hydrogen-bond acceptors (Lipinski definition) is 6. The average Bonchev–Trinajstić information content (AvgIpc) is 3.31. The second kappa shape index (κ2) is 8.09. The molecule has 1 aromatic carbocycles. The summed E-state index contributed by atoms with van der Waals surface area (Å²) in [6.07, 6.45) is 1.97. The monoisotopic (exact) mass is 373 g/mol. The number of hydrogen-bond donors (Lipinski definition) is 1. The van der Waals surface area contributed by atoms with E-state index in [0.717, 1.165) is 18.4 Å². The topological polar surface area (TPSA) is 88.6 Å². The maximum atomic E-state index is 12.1. The van der Waals surface area contributed by atoms with Crippen molar-refractivity contribution in [3.63, 3.8) is 0 Å². The Morgan fingerprint density at radius 2 is 2.00 bits per heavy atom. The third kappa shape index (κ3) is 4.89. The zero-order valence-electron chi connectivity index (χ0n) is 14.3. The molecule has 0 atom stereocenters. The van der Waals surface area contributed by atoms with Gasteiger partial charge in [0.25, 0.3) is 5.91 Å². The van der Waals surface area contributed by atoms with Gasteiger partial charge in [-0.25, -0.2) is 9.78 Å². The molecule has 1 aliphatic rings. The van der Waals surface area contributed by atoms with Gasteiger partial charge in [0.15, 0.2) is 12.3 Å². The van der Waals surface area contributed by atoms with Crippen LogP contribution in [0.5, 0.6) is 0 Å². The van der Waals surface area contributed by atoms with Crippen molar-refractivity contribution in [1.29, 1.82) is 0 Å². The number of aromatic nitrogens is 1. The zero-order valence-corrected chi connectivity index (χ0v) is 15.1. The van der Waals surface area contributed by atoms with Crippen LogP contribution in [-0.4, -0.2) is 53.9 Å². The fourth-order valence-electron chi connectivity index (χ4n) is 2.20. The van der Waals surface area contributed by atoms with Gasteiger partial charge in [-0.15, -0.1) is 11.3 Å². The van der Waals surface area contributed by atoms with E-state index >= 15 is 0 Å². The molecule has 1 heterocycles. The lowest BCUT2D eigenvalue weighted by molar-refractivity contribution is -0.137. The molecule has 0 spiro atoms. The summed E-state index contributed by atoms with van der Waals surface area (Å²) in [6.45, 7) is -0.480. The highest BCUT2D eigenvalue weighted by molar-refractivity contribution is 7.13. The van der Waals surface area contributed by atoms with Gasteiger partial charge in [0.1, 0.15) is 5.01 Å². The number of rotatable bonds is 7. The lowest BCUT2D eigenvalue weighted by atomic mass is 10.2. The molecule has 0 radical (unpaired) electrons. The lowest BCUT2D eigenvalue weighted by Gasteiger charge is -2.16. The van der Waals surface area contributed by atoms with Gasteiger partial charge in [0.05, 0.1) is 6.54 Å². The molecule has 1 aromatic heterocycles. The van der Waals surface area contributed by atoms with E-state index in [9.17, 15) is 14.4 Å². The van der Waals surface area contributed by atoms with E-state index < -0.39 is 18.5 Å². The number of benzene rings is 1. The van der Waals surface area contributed by atoms with Gasteiger partial charge in [-0.2, -0.15) is 0 Å². The Morgan fingerprint density at radius 1 is 1.27 bits per heavy atom. The molecule has 136 valence electrons. The summed E-state index contributed by atoms with van der Waals surface area (Å²) < 4.78 is 5.02. The van der Waals surface area contributed by atoms with Gasteiger partial charge in [-0.05, 0) is 12.8 Å². The molecule has 2 aromatic rings. The molecule has 8 heteroatoms. The van der Waals surface area contributed by atoms with Gasteiger partial charge in [-0.3, -0.25) is 9.59 Å². The second-order valence-electron chi connectivity index (χ2n) is 6.07. The van der Waals surface area contributed by atoms with Crippen LogP contribution in [0.1, 0.15) is 23.3 Å². The van der Waals surface area contributed by atoms with Crippen molar-refractivity contribution >= 4 is 29.1 Å². The minimum Gasteiger partial charge on any atom is -0.451 e. The van der Waals surface area contributed by atoms with Crippen LogP contribution in [0.4, 0.5) is 0 Å². The molecular formula is C18H19N3O4S. The molecule has 0 saturated heterocycles. The molecule has 26 heavy (non-hydrogen) atoms. The number of ether oxygens (including phenoxy) is 1. The van der Waals surface area contributed by atoms with Crippen molar-refractivity contribution in [3.05, 3.63) is 41.4 Å². The fourth-order valence-corrected chi connectivity index (χ4v) is 2.99. The SMILES string of the molecule is CN(CC(=O)NC1CC1)C(=O)COC(=O)c1csc(-c2ccccc2)n1. The first kappa shape index (κ1) is 18.1. The molecule has 0 aliphatic heterocycles. The number of thiazole rings is 1. The number of carbonyl (C=O) groups is 3. The van der Waals surface area contributed by atoms with E-state index in [1.54, 1.807) is 5.38 Å². The number of amides is 2. The highest BCUT2D eigenvalue weighted by Gasteiger charge is 2.24. The van der Waals surface area contributed by atoms with Gasteiger partial charge in [-0.1, -0.05) is 30.3 Å². The molecule has 0 bridgehead atoms. The predicted molar refractivity (Wildman–Crippen MR) is 96.6 cm³/mol. The number of nitrogens with one attached hydrogen (secondary N) is 1. The Morgan fingerprint density at radius 3 is 2.69 bits per heavy atom. The summed E-state index contributed by atoms with van der Waals surface area (Å²) in [5.74, 6) is -1.31. The van der Waals surface area contributed by atoms with E-state index in [1.165, 1.54) is 23.3 Å². The standard InChI is InChI=1S/C18H19N3O4S/c1-21(9-15(22)19-13-7-8-13)16(23)10-25-18(24)14-11-26-17(20-14)12-5-3-2-4-6-12/h2-6,11,13H,7-10H2,1H3,(H,19,22). The van der Waals surface area contributed by atoms with Gasteiger partial charge in [0, 0.05) is 24.0 Å². The number of nitrogens with zero attached hydrogens (tertiary/aromatic N) is 2. The Balaban J connectivity index is 1.48. The van der Waals surface area contributed by atoms with Crippen molar-refractivity contribution < 1.29 is 19.1 Å². The molecule has 1 saturated carbocycles. The maximum Gasteiger partial charge on any atom is 0.358 e. The Hall–Kier alpha value is -2.74. The Bertz CT molecular complexity index is 802. The second-order valence-corrected chi connectivity index (χ2v) is 6.93. The van der Waals surface area contributed by atoms with Crippen LogP contribution in [0.25, 0.3) is 10.6 Å². The molecule has 1 aliphatic carbocycles.